The van der Waals surface area contributed by atoms with E-state index in [1.807, 2.05) is 53.7 Å². The largest absolute Gasteiger partial charge is 0.449 e. The average Bonchev–Trinajstić information content (AvgIpc) is 2.87. The van der Waals surface area contributed by atoms with Crippen LogP contribution >= 0.6 is 0 Å². The van der Waals surface area contributed by atoms with Crippen LogP contribution in [0.5, 0.6) is 0 Å². The van der Waals surface area contributed by atoms with Crippen LogP contribution in [-0.4, -0.2) is 53.4 Å². The van der Waals surface area contributed by atoms with Gasteiger partial charge in [0.2, 0.25) is 0 Å². The lowest BCUT2D eigenvalue weighted by Gasteiger charge is -2.33. The van der Waals surface area contributed by atoms with E-state index in [1.54, 1.807) is 12.2 Å². The number of hydrogen-bond acceptors (Lipinski definition) is 6. The molecule has 0 spiro atoms. The molecule has 8 atom stereocenters. The highest BCUT2D eigenvalue weighted by Crippen LogP contribution is 2.29. The highest BCUT2D eigenvalue weighted by molar-refractivity contribution is 5.67. The number of alkyl carbamates (subject to hydrolysis) is 1. The number of aliphatic hydroxyl groups excluding tert-OH is 2. The minimum absolute atomic E-state index is 0.121. The molecule has 1 rings (SSSR count). The number of hydrogen-bond donors (Lipinski definition) is 4. The number of amides is 2. The predicted octanol–water partition coefficient (Wildman–Crippen LogP) is 5.49. The smallest absolute Gasteiger partial charge is 0.407 e. The quantitative estimate of drug-likeness (QED) is 0.162. The Morgan fingerprint density at radius 2 is 1.66 bits per heavy atom. The van der Waals surface area contributed by atoms with E-state index >= 15 is 0 Å². The maximum absolute atomic E-state index is 12.1. The van der Waals surface area contributed by atoms with Crippen molar-refractivity contribution in [3.05, 3.63) is 36.5 Å². The van der Waals surface area contributed by atoms with Crippen molar-refractivity contribution in [2.24, 2.45) is 35.3 Å². The van der Waals surface area contributed by atoms with E-state index in [0.717, 1.165) is 31.3 Å². The van der Waals surface area contributed by atoms with Gasteiger partial charge in [0, 0.05) is 29.7 Å². The Balaban J connectivity index is 2.64. The summed E-state index contributed by atoms with van der Waals surface area (Å²) < 4.78 is 10.7. The minimum Gasteiger partial charge on any atom is -0.449 e. The molecule has 8 heteroatoms. The second kappa shape index (κ2) is 17.3. The first-order chi connectivity index (χ1) is 17.9. The summed E-state index contributed by atoms with van der Waals surface area (Å²) in [6.45, 7) is 15.3. The average molecular weight is 537 g/mol. The molecule has 0 radical (unpaired) electrons. The molecule has 0 heterocycles. The summed E-state index contributed by atoms with van der Waals surface area (Å²) >= 11 is 0. The van der Waals surface area contributed by atoms with Gasteiger partial charge in [-0.05, 0) is 32.1 Å². The van der Waals surface area contributed by atoms with Crippen LogP contribution in [0.25, 0.3) is 0 Å². The van der Waals surface area contributed by atoms with E-state index < -0.39 is 30.5 Å². The van der Waals surface area contributed by atoms with Crippen molar-refractivity contribution >= 4 is 12.2 Å². The van der Waals surface area contributed by atoms with Crippen LogP contribution in [-0.2, 0) is 9.47 Å². The van der Waals surface area contributed by atoms with Crippen LogP contribution < -0.4 is 11.1 Å². The van der Waals surface area contributed by atoms with Gasteiger partial charge in [-0.1, -0.05) is 90.3 Å². The number of carbonyl (C=O) groups excluding carboxylic acids is 2. The number of ether oxygens (including phenoxy) is 2. The van der Waals surface area contributed by atoms with Crippen molar-refractivity contribution in [3.8, 4) is 0 Å². The number of allylic oxidation sites excluding steroid dienone is 3. The molecule has 5 N–H and O–H groups in total. The molecule has 0 saturated heterocycles. The lowest BCUT2D eigenvalue weighted by atomic mass is 9.81. The molecule has 1 fully saturated rings. The molecule has 0 aromatic heterocycles. The summed E-state index contributed by atoms with van der Waals surface area (Å²) in [5, 5.41) is 24.8. The molecular formula is C30H52N2O6. The second-order valence-corrected chi connectivity index (χ2v) is 11.3. The molecular weight excluding hydrogens is 484 g/mol. The van der Waals surface area contributed by atoms with Gasteiger partial charge in [0.1, 0.15) is 6.10 Å². The lowest BCUT2D eigenvalue weighted by Crippen LogP contribution is -2.41. The maximum Gasteiger partial charge on any atom is 0.407 e. The molecule has 218 valence electrons. The van der Waals surface area contributed by atoms with Gasteiger partial charge in [-0.15, -0.1) is 0 Å². The Kier molecular flexibility index (Phi) is 15.3. The zero-order chi connectivity index (χ0) is 28.8. The molecule has 38 heavy (non-hydrogen) atoms. The molecule has 0 aromatic carbocycles. The van der Waals surface area contributed by atoms with Crippen molar-refractivity contribution < 1.29 is 29.3 Å². The highest BCUT2D eigenvalue weighted by atomic mass is 16.6. The molecule has 0 aromatic rings. The van der Waals surface area contributed by atoms with Gasteiger partial charge in [-0.25, -0.2) is 9.59 Å². The predicted molar refractivity (Wildman–Crippen MR) is 151 cm³/mol. The number of aliphatic hydroxyl groups is 2. The van der Waals surface area contributed by atoms with Gasteiger partial charge in [-0.3, -0.25) is 0 Å². The molecule has 1 aliphatic carbocycles. The Labute approximate surface area is 229 Å². The van der Waals surface area contributed by atoms with Crippen LogP contribution in [0.3, 0.4) is 0 Å². The van der Waals surface area contributed by atoms with Gasteiger partial charge in [-0.2, -0.15) is 0 Å². The van der Waals surface area contributed by atoms with E-state index in [4.69, 9.17) is 15.2 Å². The molecule has 8 nitrogen and oxygen atoms in total. The molecule has 4 unspecified atom stereocenters. The molecule has 0 bridgehead atoms. The maximum atomic E-state index is 12.1. The van der Waals surface area contributed by atoms with E-state index in [1.165, 1.54) is 6.42 Å². The van der Waals surface area contributed by atoms with E-state index in [-0.39, 0.29) is 42.2 Å². The summed E-state index contributed by atoms with van der Waals surface area (Å²) in [5.41, 5.74) is 6.32. The zero-order valence-electron chi connectivity index (χ0n) is 24.3. The first kappa shape index (κ1) is 33.7. The van der Waals surface area contributed by atoms with Gasteiger partial charge < -0.3 is 30.7 Å². The molecule has 1 saturated carbocycles. The Bertz CT molecular complexity index is 792. The van der Waals surface area contributed by atoms with Gasteiger partial charge in [0.05, 0.1) is 18.8 Å². The molecule has 0 aliphatic heterocycles. The van der Waals surface area contributed by atoms with Crippen molar-refractivity contribution in [1.29, 1.82) is 0 Å². The Morgan fingerprint density at radius 1 is 1.03 bits per heavy atom. The van der Waals surface area contributed by atoms with Gasteiger partial charge in [0.15, 0.2) is 0 Å². The summed E-state index contributed by atoms with van der Waals surface area (Å²) in [5.74, 6) is -1.02. The second-order valence-electron chi connectivity index (χ2n) is 11.3. The fraction of sp³-hybridized carbons (Fsp3) is 0.733. The standard InChI is InChI=1S/C30H52N2O6/c1-8-9-13-20(3)28(38-29(31)35)24(7)27(34)22(5)17-19(2)16-21(4)26(33)23(6)18-37-30(36)32-25-14-11-10-12-15-25/h8-9,13,16,20-28,33-34H,1,10-12,14-15,17-18H2,2-7H3,(H2,31,35)(H,32,36)/b13-9-,19-16-/t20-,21-,22?,23-,24?,26+,27?,28?/m0/s1. The lowest BCUT2D eigenvalue weighted by molar-refractivity contribution is -0.0266. The zero-order valence-corrected chi connectivity index (χ0v) is 24.3. The van der Waals surface area contributed by atoms with Gasteiger partial charge in [0.25, 0.3) is 0 Å². The van der Waals surface area contributed by atoms with Crippen LogP contribution in [0.2, 0.25) is 0 Å². The van der Waals surface area contributed by atoms with Crippen LogP contribution in [0.15, 0.2) is 36.5 Å². The number of carbonyl (C=O) groups is 2. The van der Waals surface area contributed by atoms with Crippen LogP contribution in [0.4, 0.5) is 9.59 Å². The summed E-state index contributed by atoms with van der Waals surface area (Å²) in [6, 6.07) is 0.186. The summed E-state index contributed by atoms with van der Waals surface area (Å²) in [4.78, 5) is 23.6. The number of rotatable bonds is 15. The monoisotopic (exact) mass is 536 g/mol. The molecule has 1 aliphatic rings. The third kappa shape index (κ3) is 12.0. The van der Waals surface area contributed by atoms with Gasteiger partial charge >= 0.3 is 12.2 Å². The normalized spacial score (nSPS) is 21.4. The van der Waals surface area contributed by atoms with E-state index in [9.17, 15) is 19.8 Å². The Hall–Kier alpha value is -2.32. The van der Waals surface area contributed by atoms with Crippen molar-refractivity contribution in [2.75, 3.05) is 6.61 Å². The van der Waals surface area contributed by atoms with E-state index in [2.05, 4.69) is 11.9 Å². The fourth-order valence-corrected chi connectivity index (χ4v) is 5.43. The van der Waals surface area contributed by atoms with Crippen molar-refractivity contribution in [3.63, 3.8) is 0 Å². The highest BCUT2D eigenvalue weighted by Gasteiger charge is 2.33. The van der Waals surface area contributed by atoms with E-state index in [0.29, 0.717) is 6.42 Å². The van der Waals surface area contributed by atoms with Crippen LogP contribution in [0.1, 0.15) is 80.1 Å². The Morgan fingerprint density at radius 3 is 2.24 bits per heavy atom. The van der Waals surface area contributed by atoms with Crippen LogP contribution in [0, 0.1) is 29.6 Å². The van der Waals surface area contributed by atoms with Crippen molar-refractivity contribution in [1.82, 2.24) is 5.32 Å². The van der Waals surface area contributed by atoms with Crippen molar-refractivity contribution in [2.45, 2.75) is 104 Å². The number of nitrogens with two attached hydrogens (primary N) is 1. The summed E-state index contributed by atoms with van der Waals surface area (Å²) in [6.07, 6.45) is 10.1. The summed E-state index contributed by atoms with van der Waals surface area (Å²) in [7, 11) is 0. The third-order valence-corrected chi connectivity index (χ3v) is 7.68. The number of primary amides is 1. The SMILES string of the molecule is C=C/C=C\[C@H](C)C(OC(N)=O)C(C)C(O)C(C)C/C(C)=C\[C@H](C)[C@@H](O)[C@@H](C)COC(=O)NC1CCCCC1. The minimum atomic E-state index is -0.871. The first-order valence-corrected chi connectivity index (χ1v) is 14.1. The molecule has 2 amide bonds. The number of nitrogens with one attached hydrogen (secondary N) is 1. The fourth-order valence-electron chi connectivity index (χ4n) is 5.43. The first-order valence-electron chi connectivity index (χ1n) is 14.1. The topological polar surface area (TPSA) is 131 Å². The third-order valence-electron chi connectivity index (χ3n) is 7.68.